The molecule has 2 aliphatic rings. The number of halogens is 2. The molecule has 1 aliphatic heterocycles. The van der Waals surface area contributed by atoms with Gasteiger partial charge in [-0.3, -0.25) is 23.9 Å². The Morgan fingerprint density at radius 3 is 2.27 bits per heavy atom. The monoisotopic (exact) mass is 808 g/mol. The van der Waals surface area contributed by atoms with Crippen LogP contribution in [0, 0.1) is 12.8 Å². The van der Waals surface area contributed by atoms with E-state index in [0.29, 0.717) is 63.0 Å². The van der Waals surface area contributed by atoms with Crippen molar-refractivity contribution in [3.05, 3.63) is 52.5 Å². The quantitative estimate of drug-likeness (QED) is 0.109. The summed E-state index contributed by atoms with van der Waals surface area (Å²) in [7, 11) is -1.98. The molecule has 56 heavy (non-hydrogen) atoms. The molecule has 4 rings (SSSR count). The van der Waals surface area contributed by atoms with Gasteiger partial charge in [-0.1, -0.05) is 51.0 Å². The summed E-state index contributed by atoms with van der Waals surface area (Å²) in [6.07, 6.45) is 16.7. The number of alkyl carbamates (subject to hydrolysis) is 1. The van der Waals surface area contributed by atoms with Crippen LogP contribution in [0.25, 0.3) is 11.0 Å². The average molecular weight is 809 g/mol. The minimum atomic E-state index is -3.52. The van der Waals surface area contributed by atoms with E-state index in [0.717, 1.165) is 19.3 Å². The molecule has 0 radical (unpaired) electrons. The number of sulfonamides is 1. The highest BCUT2D eigenvalue weighted by Gasteiger charge is 2.38. The summed E-state index contributed by atoms with van der Waals surface area (Å²) in [6.45, 7) is 10.3. The number of likely N-dealkylation sites (tertiary alicyclic amines) is 1. The van der Waals surface area contributed by atoms with E-state index in [2.05, 4.69) is 38.2 Å². The van der Waals surface area contributed by atoms with Crippen LogP contribution in [0.15, 0.2) is 41.2 Å². The van der Waals surface area contributed by atoms with E-state index >= 15 is 0 Å². The van der Waals surface area contributed by atoms with Gasteiger partial charge in [0.25, 0.3) is 11.5 Å². The summed E-state index contributed by atoms with van der Waals surface area (Å²) in [4.78, 5) is 68.5. The van der Waals surface area contributed by atoms with Gasteiger partial charge in [0.2, 0.25) is 27.7 Å². The molecule has 2 fully saturated rings. The van der Waals surface area contributed by atoms with Crippen molar-refractivity contribution in [1.29, 1.82) is 0 Å². The number of carbonyl (C=O) groups is 4. The molecule has 14 nitrogen and oxygen atoms in total. The maximum atomic E-state index is 13.3. The first-order chi connectivity index (χ1) is 26.3. The number of para-hydroxylation sites is 2. The van der Waals surface area contributed by atoms with Crippen LogP contribution in [0.1, 0.15) is 111 Å². The molecule has 2 heterocycles. The Kier molecular flexibility index (Phi) is 20.4. The van der Waals surface area contributed by atoms with Crippen LogP contribution in [0.3, 0.4) is 0 Å². The number of fused-ring (bicyclic) bond motifs is 1. The maximum absolute atomic E-state index is 13.3. The number of terminal acetylenes is 1. The number of rotatable bonds is 14. The van der Waals surface area contributed by atoms with Gasteiger partial charge in [0.1, 0.15) is 17.7 Å². The standard InChI is InChI=1S/C25H42N4O7S.C10H8F2N2O.C2H6.C2H2/c1-25(2,3)36-24(33)27-19(23(32)29-17-11-13-20(29)22(31)26-4)12-9-7-5-6-8-10-14-21(30)28-37(34,35)18-15-16-18;1-10(11,12)8-9(15)14-7-5-3-2-4-6(7)13-8;2*1-2/h8,10,18-20H,5-7,9,11-17H2,1-4H3,(H,26,31)(H,27,33)(H,28,30);2-5H,1H3,(H,14,15);1-2H3;1-2H/b10-8-;;;/t19-,20-;;;/m0.../s1. The Bertz CT molecular complexity index is 1810. The van der Waals surface area contributed by atoms with Crippen molar-refractivity contribution in [2.75, 3.05) is 13.6 Å². The fourth-order valence-electron chi connectivity index (χ4n) is 5.46. The lowest BCUT2D eigenvalue weighted by Gasteiger charge is -2.29. The fourth-order valence-corrected chi connectivity index (χ4v) is 6.79. The van der Waals surface area contributed by atoms with E-state index in [-0.39, 0.29) is 18.2 Å². The number of ether oxygens (including phenoxy) is 1. The molecule has 0 unspecified atom stereocenters. The molecule has 4 amide bonds. The number of aromatic nitrogens is 2. The van der Waals surface area contributed by atoms with Crippen molar-refractivity contribution < 1.29 is 41.1 Å². The number of likely N-dealkylation sites (N-methyl/N-ethyl adjacent to an activating group) is 1. The maximum Gasteiger partial charge on any atom is 0.408 e. The van der Waals surface area contributed by atoms with Gasteiger partial charge in [-0.15, -0.1) is 12.8 Å². The predicted octanol–water partition coefficient (Wildman–Crippen LogP) is 5.43. The van der Waals surface area contributed by atoms with Crippen LogP contribution in [0.5, 0.6) is 0 Å². The number of hydrogen-bond donors (Lipinski definition) is 4. The Hall–Kier alpha value is -4.85. The van der Waals surface area contributed by atoms with Gasteiger partial charge in [0, 0.05) is 26.9 Å². The second-order valence-electron chi connectivity index (χ2n) is 13.9. The third-order valence-corrected chi connectivity index (χ3v) is 10.0. The lowest BCUT2D eigenvalue weighted by atomic mass is 10.0. The zero-order valence-corrected chi connectivity index (χ0v) is 34.3. The zero-order chi connectivity index (χ0) is 42.7. The molecule has 1 aromatic heterocycles. The van der Waals surface area contributed by atoms with Crippen LogP contribution in [-0.4, -0.2) is 83.6 Å². The molecule has 0 spiro atoms. The van der Waals surface area contributed by atoms with Crippen molar-refractivity contribution in [2.24, 2.45) is 0 Å². The minimum absolute atomic E-state index is 0.00464. The van der Waals surface area contributed by atoms with Crippen LogP contribution in [0.2, 0.25) is 0 Å². The molecular weight excluding hydrogens is 751 g/mol. The van der Waals surface area contributed by atoms with Crippen molar-refractivity contribution in [2.45, 2.75) is 135 Å². The highest BCUT2D eigenvalue weighted by molar-refractivity contribution is 7.90. The Morgan fingerprint density at radius 1 is 1.04 bits per heavy atom. The highest BCUT2D eigenvalue weighted by Crippen LogP contribution is 2.27. The number of benzene rings is 1. The van der Waals surface area contributed by atoms with Gasteiger partial charge < -0.3 is 25.3 Å². The third kappa shape index (κ3) is 16.9. The topological polar surface area (TPSA) is 197 Å². The summed E-state index contributed by atoms with van der Waals surface area (Å²) >= 11 is 0. The largest absolute Gasteiger partial charge is 0.444 e. The Labute approximate surface area is 329 Å². The molecule has 1 aromatic carbocycles. The first-order valence-electron chi connectivity index (χ1n) is 18.7. The van der Waals surface area contributed by atoms with E-state index in [4.69, 9.17) is 4.74 Å². The second kappa shape index (κ2) is 23.3. The van der Waals surface area contributed by atoms with Crippen molar-refractivity contribution in [3.63, 3.8) is 0 Å². The van der Waals surface area contributed by atoms with Crippen molar-refractivity contribution in [3.8, 4) is 12.8 Å². The molecule has 2 atom stereocenters. The van der Waals surface area contributed by atoms with Crippen LogP contribution >= 0.6 is 0 Å². The Balaban J connectivity index is 0.000000680. The molecule has 1 saturated heterocycles. The number of amides is 4. The zero-order valence-electron chi connectivity index (χ0n) is 33.5. The average Bonchev–Trinajstić information content (AvgIpc) is 3.90. The summed E-state index contributed by atoms with van der Waals surface area (Å²) < 4.78 is 56.9. The molecule has 0 bridgehead atoms. The first kappa shape index (κ1) is 49.2. The van der Waals surface area contributed by atoms with Gasteiger partial charge >= 0.3 is 6.09 Å². The second-order valence-corrected chi connectivity index (χ2v) is 15.9. The third-order valence-electron chi connectivity index (χ3n) is 8.14. The predicted molar refractivity (Wildman–Crippen MR) is 212 cm³/mol. The van der Waals surface area contributed by atoms with E-state index in [9.17, 15) is 41.2 Å². The number of nitrogens with zero attached hydrogens (tertiary/aromatic N) is 2. The molecule has 1 saturated carbocycles. The number of carbonyl (C=O) groups excluding carboxylic acids is 4. The van der Waals surface area contributed by atoms with Crippen molar-refractivity contribution >= 4 is 44.9 Å². The minimum Gasteiger partial charge on any atom is -0.444 e. The molecule has 2 aromatic rings. The van der Waals surface area contributed by atoms with E-state index in [1.165, 1.54) is 11.9 Å². The smallest absolute Gasteiger partial charge is 0.408 e. The molecule has 17 heteroatoms. The molecular formula is C39H58F2N6O8S. The van der Waals surface area contributed by atoms with Crippen molar-refractivity contribution in [1.82, 2.24) is 30.2 Å². The number of aromatic amines is 1. The van der Waals surface area contributed by atoms with Crippen LogP contribution in [0.4, 0.5) is 13.6 Å². The summed E-state index contributed by atoms with van der Waals surface area (Å²) in [5, 5.41) is 4.86. The van der Waals surface area contributed by atoms with E-state index < -0.39 is 62.1 Å². The number of nitrogens with one attached hydrogen (secondary N) is 4. The summed E-state index contributed by atoms with van der Waals surface area (Å²) in [6, 6.07) is 5.21. The van der Waals surface area contributed by atoms with Gasteiger partial charge in [-0.2, -0.15) is 8.78 Å². The van der Waals surface area contributed by atoms with Gasteiger partial charge in [-0.25, -0.2) is 18.2 Å². The van der Waals surface area contributed by atoms with Crippen LogP contribution in [-0.2, 0) is 35.1 Å². The van der Waals surface area contributed by atoms with E-state index in [1.807, 2.05) is 19.9 Å². The molecule has 1 aliphatic carbocycles. The van der Waals surface area contributed by atoms with Gasteiger partial charge in [0.15, 0.2) is 5.69 Å². The number of H-pyrrole nitrogens is 1. The number of unbranched alkanes of at least 4 members (excludes halogenated alkanes) is 3. The molecule has 312 valence electrons. The number of hydrogen-bond acceptors (Lipinski definition) is 9. The lowest BCUT2D eigenvalue weighted by molar-refractivity contribution is -0.140. The first-order valence-corrected chi connectivity index (χ1v) is 20.3. The lowest BCUT2D eigenvalue weighted by Crippen LogP contribution is -2.53. The molecule has 4 N–H and O–H groups in total. The summed E-state index contributed by atoms with van der Waals surface area (Å²) in [5.74, 6) is -4.26. The fraction of sp³-hybridized carbons (Fsp3) is 0.590. The van der Waals surface area contributed by atoms with Gasteiger partial charge in [-0.05, 0) is 77.8 Å². The normalized spacial score (nSPS) is 15.8. The number of allylic oxidation sites excluding steroid dienone is 1. The SMILES string of the molecule is C#C.CC.CC(F)(F)c1nc2ccccc2[nH]c1=O.CNC(=O)[C@@H]1CCCN1C(=O)[C@H](CCCCC/C=C\CC(=O)NS(=O)(=O)C1CC1)NC(=O)OC(C)(C)C. The van der Waals surface area contributed by atoms with Crippen LogP contribution < -0.4 is 20.9 Å². The highest BCUT2D eigenvalue weighted by atomic mass is 32.2. The summed E-state index contributed by atoms with van der Waals surface area (Å²) in [5.41, 5.74) is -1.49. The van der Waals surface area contributed by atoms with E-state index in [1.54, 1.807) is 51.1 Å². The Morgan fingerprint density at radius 2 is 1.68 bits per heavy atom. The number of alkyl halides is 2. The van der Waals surface area contributed by atoms with Gasteiger partial charge in [0.05, 0.1) is 16.3 Å².